The number of pyridine rings is 1. The number of nitrogens with zero attached hydrogens (tertiary/aromatic N) is 3. The van der Waals surface area contributed by atoms with Gasteiger partial charge in [0.2, 0.25) is 0 Å². The van der Waals surface area contributed by atoms with Crippen molar-refractivity contribution in [2.24, 2.45) is 0 Å². The van der Waals surface area contributed by atoms with Crippen molar-refractivity contribution < 1.29 is 13.6 Å². The highest BCUT2D eigenvalue weighted by molar-refractivity contribution is 6.13. The van der Waals surface area contributed by atoms with Crippen molar-refractivity contribution in [3.8, 4) is 11.5 Å². The minimum absolute atomic E-state index is 0.0721. The molecule has 4 heterocycles. The summed E-state index contributed by atoms with van der Waals surface area (Å²) in [4.78, 5) is 29.3. The van der Waals surface area contributed by atoms with Crippen LogP contribution in [0.15, 0.2) is 74.6 Å². The predicted octanol–water partition coefficient (Wildman–Crippen LogP) is 4.63. The molecule has 0 aliphatic rings. The number of nitrogens with one attached hydrogen (secondary N) is 1. The topological polar surface area (TPSA) is 103 Å². The number of fused-ring (bicyclic) bond motifs is 2. The van der Waals surface area contributed by atoms with Crippen LogP contribution in [0.3, 0.4) is 0 Å². The highest BCUT2D eigenvalue weighted by atomic mass is 16.4. The van der Waals surface area contributed by atoms with Gasteiger partial charge in [0.25, 0.3) is 5.91 Å². The van der Waals surface area contributed by atoms with Crippen LogP contribution in [0.5, 0.6) is 0 Å². The van der Waals surface area contributed by atoms with Crippen molar-refractivity contribution in [1.29, 1.82) is 0 Å². The van der Waals surface area contributed by atoms with E-state index in [-0.39, 0.29) is 11.9 Å². The zero-order valence-electron chi connectivity index (χ0n) is 16.8. The molecule has 5 aromatic rings. The Kier molecular flexibility index (Phi) is 4.39. The molecule has 0 aliphatic heterocycles. The van der Waals surface area contributed by atoms with E-state index in [1.54, 1.807) is 59.6 Å². The number of carbonyl (C=O) groups excluding carboxylic acids is 1. The first-order valence-corrected chi connectivity index (χ1v) is 9.77. The molecule has 31 heavy (non-hydrogen) atoms. The Labute approximate surface area is 176 Å². The van der Waals surface area contributed by atoms with Crippen molar-refractivity contribution in [2.75, 3.05) is 5.32 Å². The Balaban J connectivity index is 1.59. The van der Waals surface area contributed by atoms with Gasteiger partial charge in [-0.15, -0.1) is 0 Å². The standard InChI is InChI=1S/C23H18N4O4/c1-13(2)27-22-17(12-24-27)16(11-18(26-22)20-4-3-9-30-20)23(29)25-15-6-7-19-14(10-15)5-8-21(28)31-19/h3-13H,1-2H3,(H,25,29). The Morgan fingerprint density at radius 3 is 2.77 bits per heavy atom. The maximum absolute atomic E-state index is 13.2. The van der Waals surface area contributed by atoms with Gasteiger partial charge in [-0.25, -0.2) is 14.5 Å². The number of amides is 1. The average molecular weight is 414 g/mol. The van der Waals surface area contributed by atoms with E-state index >= 15 is 0 Å². The van der Waals surface area contributed by atoms with E-state index in [0.29, 0.717) is 44.7 Å². The average Bonchev–Trinajstić information content (AvgIpc) is 3.43. The minimum Gasteiger partial charge on any atom is -0.463 e. The fraction of sp³-hybridized carbons (Fsp3) is 0.130. The molecule has 154 valence electrons. The molecule has 1 N–H and O–H groups in total. The van der Waals surface area contributed by atoms with E-state index in [2.05, 4.69) is 15.4 Å². The van der Waals surface area contributed by atoms with E-state index in [4.69, 9.17) is 8.83 Å². The van der Waals surface area contributed by atoms with Crippen LogP contribution in [0, 0.1) is 0 Å². The molecule has 1 amide bonds. The highest BCUT2D eigenvalue weighted by Crippen LogP contribution is 2.27. The highest BCUT2D eigenvalue weighted by Gasteiger charge is 2.19. The molecule has 0 atom stereocenters. The summed E-state index contributed by atoms with van der Waals surface area (Å²) in [6.07, 6.45) is 3.21. The van der Waals surface area contributed by atoms with E-state index in [9.17, 15) is 9.59 Å². The van der Waals surface area contributed by atoms with E-state index < -0.39 is 5.63 Å². The molecule has 0 aliphatic carbocycles. The number of benzene rings is 1. The molecular weight excluding hydrogens is 396 g/mol. The summed E-state index contributed by atoms with van der Waals surface area (Å²) in [5.74, 6) is 0.258. The molecule has 8 nitrogen and oxygen atoms in total. The van der Waals surface area contributed by atoms with E-state index in [1.165, 1.54) is 6.07 Å². The van der Waals surface area contributed by atoms with Gasteiger partial charge >= 0.3 is 5.63 Å². The fourth-order valence-electron chi connectivity index (χ4n) is 3.48. The zero-order chi connectivity index (χ0) is 21.5. The molecule has 0 saturated carbocycles. The second-order valence-corrected chi connectivity index (χ2v) is 7.41. The molecule has 5 rings (SSSR count). The monoisotopic (exact) mass is 414 g/mol. The molecule has 0 spiro atoms. The van der Waals surface area contributed by atoms with Gasteiger partial charge in [-0.3, -0.25) is 4.79 Å². The zero-order valence-corrected chi connectivity index (χ0v) is 16.8. The quantitative estimate of drug-likeness (QED) is 0.430. The summed E-state index contributed by atoms with van der Waals surface area (Å²) in [7, 11) is 0. The lowest BCUT2D eigenvalue weighted by Crippen LogP contribution is -2.13. The lowest BCUT2D eigenvalue weighted by Gasteiger charge is -2.10. The van der Waals surface area contributed by atoms with E-state index in [1.807, 2.05) is 13.8 Å². The van der Waals surface area contributed by atoms with Crippen molar-refractivity contribution in [1.82, 2.24) is 14.8 Å². The molecule has 0 saturated heterocycles. The van der Waals surface area contributed by atoms with Crippen LogP contribution in [0.2, 0.25) is 0 Å². The third-order valence-electron chi connectivity index (χ3n) is 4.95. The SMILES string of the molecule is CC(C)n1ncc2c(C(=O)Nc3ccc4oc(=O)ccc4c3)cc(-c3ccco3)nc21. The second kappa shape index (κ2) is 7.24. The van der Waals surface area contributed by atoms with Gasteiger partial charge in [0, 0.05) is 23.2 Å². The van der Waals surface area contributed by atoms with Gasteiger partial charge in [0.15, 0.2) is 11.4 Å². The van der Waals surface area contributed by atoms with Crippen LogP contribution in [0.1, 0.15) is 30.2 Å². The molecule has 0 radical (unpaired) electrons. The van der Waals surface area contributed by atoms with E-state index in [0.717, 1.165) is 0 Å². The first-order chi connectivity index (χ1) is 15.0. The van der Waals surface area contributed by atoms with Gasteiger partial charge in [0.05, 0.1) is 23.4 Å². The van der Waals surface area contributed by atoms with Gasteiger partial charge in [-0.1, -0.05) is 0 Å². The molecule has 0 bridgehead atoms. The summed E-state index contributed by atoms with van der Waals surface area (Å²) in [6, 6.07) is 13.4. The number of rotatable bonds is 4. The second-order valence-electron chi connectivity index (χ2n) is 7.41. The number of carbonyl (C=O) groups is 1. The number of hydrogen-bond donors (Lipinski definition) is 1. The molecule has 1 aromatic carbocycles. The third kappa shape index (κ3) is 3.38. The van der Waals surface area contributed by atoms with Crippen molar-refractivity contribution in [3.63, 3.8) is 0 Å². The number of aromatic nitrogens is 3. The lowest BCUT2D eigenvalue weighted by atomic mass is 10.1. The Morgan fingerprint density at radius 2 is 2.00 bits per heavy atom. The minimum atomic E-state index is -0.420. The van der Waals surface area contributed by atoms with Crippen molar-refractivity contribution in [3.05, 3.63) is 77.0 Å². The largest absolute Gasteiger partial charge is 0.463 e. The van der Waals surface area contributed by atoms with Crippen LogP contribution >= 0.6 is 0 Å². The Morgan fingerprint density at radius 1 is 1.13 bits per heavy atom. The molecular formula is C23H18N4O4. The molecule has 0 fully saturated rings. The van der Waals surface area contributed by atoms with Crippen molar-refractivity contribution >= 4 is 33.6 Å². The number of anilines is 1. The van der Waals surface area contributed by atoms with Gasteiger partial charge in [-0.2, -0.15) is 5.10 Å². The van der Waals surface area contributed by atoms with Crippen LogP contribution < -0.4 is 10.9 Å². The predicted molar refractivity (Wildman–Crippen MR) is 116 cm³/mol. The first kappa shape index (κ1) is 18.8. The third-order valence-corrected chi connectivity index (χ3v) is 4.95. The summed E-state index contributed by atoms with van der Waals surface area (Å²) in [5.41, 5.74) is 2.20. The Bertz CT molecular complexity index is 1480. The molecule has 8 heteroatoms. The van der Waals surface area contributed by atoms with Crippen LogP contribution in [0.4, 0.5) is 5.69 Å². The van der Waals surface area contributed by atoms with Crippen LogP contribution in [0.25, 0.3) is 33.5 Å². The maximum atomic E-state index is 13.2. The fourth-order valence-corrected chi connectivity index (χ4v) is 3.48. The number of hydrogen-bond acceptors (Lipinski definition) is 6. The first-order valence-electron chi connectivity index (χ1n) is 9.77. The summed E-state index contributed by atoms with van der Waals surface area (Å²) in [6.45, 7) is 4.00. The van der Waals surface area contributed by atoms with Gasteiger partial charge in [-0.05, 0) is 56.3 Å². The normalized spacial score (nSPS) is 11.5. The van der Waals surface area contributed by atoms with Gasteiger partial charge in [0.1, 0.15) is 11.3 Å². The van der Waals surface area contributed by atoms with Gasteiger partial charge < -0.3 is 14.2 Å². The lowest BCUT2D eigenvalue weighted by molar-refractivity contribution is 0.102. The summed E-state index contributed by atoms with van der Waals surface area (Å²) in [5, 5.41) is 8.69. The molecule has 0 unspecified atom stereocenters. The number of furan rings is 1. The maximum Gasteiger partial charge on any atom is 0.336 e. The summed E-state index contributed by atoms with van der Waals surface area (Å²) < 4.78 is 12.4. The summed E-state index contributed by atoms with van der Waals surface area (Å²) >= 11 is 0. The van der Waals surface area contributed by atoms with Crippen LogP contribution in [-0.2, 0) is 0 Å². The molecule has 4 aromatic heterocycles. The van der Waals surface area contributed by atoms with Crippen LogP contribution in [-0.4, -0.2) is 20.7 Å². The van der Waals surface area contributed by atoms with Crippen molar-refractivity contribution in [2.45, 2.75) is 19.9 Å². The smallest absolute Gasteiger partial charge is 0.336 e. The Hall–Kier alpha value is -4.20.